The summed E-state index contributed by atoms with van der Waals surface area (Å²) in [7, 11) is 3.03. The molecule has 0 saturated heterocycles. The molecule has 5 aromatic rings. The first kappa shape index (κ1) is 21.4. The highest BCUT2D eigenvalue weighted by Crippen LogP contribution is 2.36. The molecule has 0 bridgehead atoms. The minimum atomic E-state index is -0.452. The van der Waals surface area contributed by atoms with Crippen LogP contribution in [-0.4, -0.2) is 23.1 Å². The van der Waals surface area contributed by atoms with Gasteiger partial charge in [0.2, 0.25) is 5.78 Å². The summed E-state index contributed by atoms with van der Waals surface area (Å²) in [6, 6.07) is 9.07. The van der Waals surface area contributed by atoms with Gasteiger partial charge in [-0.3, -0.25) is 22.9 Å². The van der Waals surface area contributed by atoms with Crippen LogP contribution in [0.25, 0.3) is 33.9 Å². The van der Waals surface area contributed by atoms with Crippen molar-refractivity contribution in [2.45, 2.75) is 13.8 Å². The molecule has 8 nitrogen and oxygen atoms in total. The van der Waals surface area contributed by atoms with Crippen molar-refractivity contribution in [2.75, 3.05) is 5.73 Å². The third kappa shape index (κ3) is 3.02. The largest absolute Gasteiger partial charge is 0.397 e. The predicted molar refractivity (Wildman–Crippen MR) is 132 cm³/mol. The number of nitrogen functional groups attached to an aromatic ring is 1. The first-order chi connectivity index (χ1) is 15.6. The van der Waals surface area contributed by atoms with Gasteiger partial charge in [-0.2, -0.15) is 4.98 Å². The molecule has 0 atom stereocenters. The lowest BCUT2D eigenvalue weighted by Crippen LogP contribution is -2.37. The Balaban J connectivity index is 2.01. The fraction of sp³-hybridized carbons (Fsp3) is 0.174. The summed E-state index contributed by atoms with van der Waals surface area (Å²) in [6.07, 6.45) is 1.78. The first-order valence-corrected chi connectivity index (χ1v) is 10.9. The zero-order valence-corrected chi connectivity index (χ0v) is 19.9. The van der Waals surface area contributed by atoms with Gasteiger partial charge in [0.1, 0.15) is 0 Å². The molecule has 0 amide bonds. The molecule has 3 heterocycles. The Morgan fingerprint density at radius 2 is 1.67 bits per heavy atom. The molecule has 0 unspecified atom stereocenters. The number of halogens is 2. The van der Waals surface area contributed by atoms with Crippen molar-refractivity contribution in [2.24, 2.45) is 14.1 Å². The lowest BCUT2D eigenvalue weighted by atomic mass is 10.1. The number of benzene rings is 2. The summed E-state index contributed by atoms with van der Waals surface area (Å²) in [5.74, 6) is 0.430. The molecule has 0 radical (unpaired) electrons. The number of nitrogens with zero attached hydrogens (tertiary/aromatic N) is 5. The van der Waals surface area contributed by atoms with Gasteiger partial charge in [0, 0.05) is 30.9 Å². The molecule has 0 aliphatic heterocycles. The average molecular weight is 483 g/mol. The smallest absolute Gasteiger partial charge is 0.332 e. The Hall–Kier alpha value is -3.49. The lowest BCUT2D eigenvalue weighted by Gasteiger charge is -2.15. The van der Waals surface area contributed by atoms with Gasteiger partial charge in [0.05, 0.1) is 22.1 Å². The summed E-state index contributed by atoms with van der Waals surface area (Å²) in [5.41, 5.74) is 10.8. The normalized spacial score (nSPS) is 11.7. The van der Waals surface area contributed by atoms with Gasteiger partial charge in [0.25, 0.3) is 5.56 Å². The topological polar surface area (TPSA) is 92.3 Å². The maximum Gasteiger partial charge on any atom is 0.332 e. The summed E-state index contributed by atoms with van der Waals surface area (Å²) < 4.78 is 5.94. The SMILES string of the molecule is Cc1cc(N)c(-n2c(-c3ccc(Cl)cc3Cl)cn3c4c(=O)n(C)c(=O)n(C)c4nc23)cc1C. The second-order valence-corrected chi connectivity index (χ2v) is 8.97. The third-order valence-electron chi connectivity index (χ3n) is 6.06. The minimum Gasteiger partial charge on any atom is -0.397 e. The Bertz CT molecular complexity index is 1740. The van der Waals surface area contributed by atoms with E-state index in [0.717, 1.165) is 15.7 Å². The van der Waals surface area contributed by atoms with Gasteiger partial charge < -0.3 is 5.73 Å². The Labute approximate surface area is 198 Å². The van der Waals surface area contributed by atoms with E-state index < -0.39 is 11.2 Å². The summed E-state index contributed by atoms with van der Waals surface area (Å²) in [6.45, 7) is 3.98. The highest BCUT2D eigenvalue weighted by atomic mass is 35.5. The van der Waals surface area contributed by atoms with Gasteiger partial charge >= 0.3 is 5.69 Å². The van der Waals surface area contributed by atoms with Gasteiger partial charge in [-0.25, -0.2) is 4.79 Å². The van der Waals surface area contributed by atoms with E-state index in [0.29, 0.717) is 38.5 Å². The highest BCUT2D eigenvalue weighted by Gasteiger charge is 2.23. The quantitative estimate of drug-likeness (QED) is 0.386. The van der Waals surface area contributed by atoms with Crippen molar-refractivity contribution in [3.63, 3.8) is 0 Å². The van der Waals surface area contributed by atoms with Crippen LogP contribution >= 0.6 is 23.2 Å². The molecule has 168 valence electrons. The van der Waals surface area contributed by atoms with Crippen molar-refractivity contribution >= 4 is 45.8 Å². The van der Waals surface area contributed by atoms with Crippen LogP contribution in [0.1, 0.15) is 11.1 Å². The number of hydrogen-bond donors (Lipinski definition) is 1. The van der Waals surface area contributed by atoms with Crippen molar-refractivity contribution in [1.29, 1.82) is 0 Å². The zero-order valence-electron chi connectivity index (χ0n) is 18.3. The Morgan fingerprint density at radius 1 is 0.970 bits per heavy atom. The Morgan fingerprint density at radius 3 is 2.36 bits per heavy atom. The van der Waals surface area contributed by atoms with Gasteiger partial charge in [-0.05, 0) is 55.3 Å². The predicted octanol–water partition coefficient (Wildman–Crippen LogP) is 3.85. The number of hydrogen-bond acceptors (Lipinski definition) is 4. The fourth-order valence-electron chi connectivity index (χ4n) is 4.11. The van der Waals surface area contributed by atoms with E-state index in [9.17, 15) is 9.59 Å². The number of fused-ring (bicyclic) bond motifs is 3. The van der Waals surface area contributed by atoms with E-state index in [4.69, 9.17) is 33.9 Å². The van der Waals surface area contributed by atoms with Gasteiger partial charge in [-0.15, -0.1) is 0 Å². The van der Waals surface area contributed by atoms with Crippen LogP contribution in [0.15, 0.2) is 46.1 Å². The zero-order chi connectivity index (χ0) is 23.8. The van der Waals surface area contributed by atoms with Crippen molar-refractivity contribution in [3.8, 4) is 16.9 Å². The number of anilines is 1. The fourth-order valence-corrected chi connectivity index (χ4v) is 4.62. The molecule has 0 aliphatic rings. The van der Waals surface area contributed by atoms with Crippen molar-refractivity contribution in [1.82, 2.24) is 23.1 Å². The average Bonchev–Trinajstić information content (AvgIpc) is 3.30. The van der Waals surface area contributed by atoms with Crippen LogP contribution in [0.4, 0.5) is 5.69 Å². The molecule has 33 heavy (non-hydrogen) atoms. The van der Waals surface area contributed by atoms with E-state index in [1.165, 1.54) is 11.6 Å². The molecule has 2 N–H and O–H groups in total. The van der Waals surface area contributed by atoms with Crippen molar-refractivity contribution in [3.05, 3.63) is 78.5 Å². The van der Waals surface area contributed by atoms with Gasteiger partial charge in [-0.1, -0.05) is 23.2 Å². The number of rotatable bonds is 2. The van der Waals surface area contributed by atoms with Crippen LogP contribution < -0.4 is 17.0 Å². The molecule has 3 aromatic heterocycles. The number of nitrogens with two attached hydrogens (primary N) is 1. The maximum atomic E-state index is 13.1. The van der Waals surface area contributed by atoms with E-state index in [1.54, 1.807) is 29.8 Å². The molecule has 0 aliphatic carbocycles. The maximum absolute atomic E-state index is 13.1. The van der Waals surface area contributed by atoms with Crippen LogP contribution in [0.2, 0.25) is 10.0 Å². The van der Waals surface area contributed by atoms with E-state index in [1.807, 2.05) is 36.6 Å². The summed E-state index contributed by atoms with van der Waals surface area (Å²) in [5, 5.41) is 0.947. The second kappa shape index (κ2) is 7.26. The number of aromatic nitrogens is 5. The van der Waals surface area contributed by atoms with Crippen LogP contribution in [0.3, 0.4) is 0 Å². The molecule has 0 saturated carbocycles. The van der Waals surface area contributed by atoms with Crippen LogP contribution in [0, 0.1) is 13.8 Å². The summed E-state index contributed by atoms with van der Waals surface area (Å²) >= 11 is 12.7. The van der Waals surface area contributed by atoms with Crippen LogP contribution in [0.5, 0.6) is 0 Å². The molecule has 0 fully saturated rings. The van der Waals surface area contributed by atoms with E-state index >= 15 is 0 Å². The van der Waals surface area contributed by atoms with E-state index in [2.05, 4.69) is 0 Å². The molecule has 5 rings (SSSR count). The van der Waals surface area contributed by atoms with Gasteiger partial charge in [0.15, 0.2) is 11.2 Å². The third-order valence-corrected chi connectivity index (χ3v) is 6.60. The molecule has 10 heteroatoms. The molecule has 2 aromatic carbocycles. The van der Waals surface area contributed by atoms with Crippen molar-refractivity contribution < 1.29 is 0 Å². The van der Waals surface area contributed by atoms with E-state index in [-0.39, 0.29) is 11.2 Å². The lowest BCUT2D eigenvalue weighted by molar-refractivity contribution is 0.708. The number of aryl methyl sites for hydroxylation is 3. The Kier molecular flexibility index (Phi) is 4.70. The summed E-state index contributed by atoms with van der Waals surface area (Å²) in [4.78, 5) is 30.2. The standard InChI is InChI=1S/C23H20Cl2N6O2/c1-11-7-16(26)17(8-12(11)2)31-18(14-6-5-13(24)9-15(14)25)10-30-19-20(27-22(30)31)28(3)23(33)29(4)21(19)32/h5-10H,26H2,1-4H3. The van der Waals surface area contributed by atoms with Crippen LogP contribution in [-0.2, 0) is 14.1 Å². The first-order valence-electron chi connectivity index (χ1n) is 10.1. The molecular weight excluding hydrogens is 463 g/mol. The number of imidazole rings is 2. The highest BCUT2D eigenvalue weighted by molar-refractivity contribution is 6.36. The molecular formula is C23H20Cl2N6O2. The second-order valence-electron chi connectivity index (χ2n) is 8.13. The monoisotopic (exact) mass is 482 g/mol. The molecule has 0 spiro atoms. The minimum absolute atomic E-state index is 0.280.